The summed E-state index contributed by atoms with van der Waals surface area (Å²) < 4.78 is 39.2. The zero-order valence-corrected chi connectivity index (χ0v) is 18.6. The molecule has 0 aliphatic carbocycles. The maximum atomic E-state index is 13.4. The van der Waals surface area contributed by atoms with Crippen LogP contribution in [0.5, 0.6) is 5.75 Å². The van der Waals surface area contributed by atoms with Crippen molar-refractivity contribution in [1.29, 1.82) is 0 Å². The third-order valence-corrected chi connectivity index (χ3v) is 7.78. The molecular weight excluding hydrogens is 440 g/mol. The predicted octanol–water partition coefficient (Wildman–Crippen LogP) is 2.76. The second-order valence-corrected chi connectivity index (χ2v) is 9.98. The van der Waals surface area contributed by atoms with Gasteiger partial charge in [0.25, 0.3) is 5.91 Å². The van der Waals surface area contributed by atoms with Gasteiger partial charge in [-0.1, -0.05) is 41.9 Å². The molecule has 4 rings (SSSR count). The van der Waals surface area contributed by atoms with E-state index < -0.39 is 10.0 Å². The molecule has 166 valence electrons. The van der Waals surface area contributed by atoms with Gasteiger partial charge in [-0.05, 0) is 36.1 Å². The van der Waals surface area contributed by atoms with E-state index in [1.165, 1.54) is 16.4 Å². The van der Waals surface area contributed by atoms with Gasteiger partial charge in [0.15, 0.2) is 6.61 Å². The fraction of sp³-hybridized carbons (Fsp3) is 0.409. The van der Waals surface area contributed by atoms with Crippen molar-refractivity contribution < 1.29 is 22.7 Å². The van der Waals surface area contributed by atoms with Crippen molar-refractivity contribution in [1.82, 2.24) is 9.21 Å². The van der Waals surface area contributed by atoms with E-state index in [1.807, 2.05) is 30.3 Å². The van der Waals surface area contributed by atoms with Crippen molar-refractivity contribution in [2.24, 2.45) is 0 Å². The molecule has 0 unspecified atom stereocenters. The van der Waals surface area contributed by atoms with Crippen LogP contribution in [0.3, 0.4) is 0 Å². The summed E-state index contributed by atoms with van der Waals surface area (Å²) in [5.74, 6) is 0.0727. The van der Waals surface area contributed by atoms with Gasteiger partial charge < -0.3 is 14.4 Å². The number of morpholine rings is 1. The molecule has 2 heterocycles. The molecule has 0 bridgehead atoms. The van der Waals surface area contributed by atoms with Crippen molar-refractivity contribution in [2.45, 2.75) is 17.2 Å². The summed E-state index contributed by atoms with van der Waals surface area (Å²) in [5, 5.41) is 0.296. The summed E-state index contributed by atoms with van der Waals surface area (Å²) in [7, 11) is -3.83. The Morgan fingerprint density at radius 1 is 1.10 bits per heavy atom. The number of hydrogen-bond acceptors (Lipinski definition) is 5. The standard InChI is InChI=1S/C22H25ClN2O5S/c23-19-6-7-20(30-16-22(26)24-10-12-29-13-11-24)21(14-19)31(27,28)25-9-8-18(15-25)17-4-2-1-3-5-17/h1-7,14,18H,8-13,15-16H2/t18-/m1/s1. The number of rotatable bonds is 6. The number of ether oxygens (including phenoxy) is 2. The summed E-state index contributed by atoms with van der Waals surface area (Å²) >= 11 is 6.11. The summed E-state index contributed by atoms with van der Waals surface area (Å²) in [6.45, 7) is 2.56. The van der Waals surface area contributed by atoms with Gasteiger partial charge in [-0.2, -0.15) is 4.31 Å². The highest BCUT2D eigenvalue weighted by Crippen LogP contribution is 2.35. The van der Waals surface area contributed by atoms with Gasteiger partial charge >= 0.3 is 0 Å². The van der Waals surface area contributed by atoms with Crippen LogP contribution in [0.25, 0.3) is 0 Å². The van der Waals surface area contributed by atoms with Crippen molar-refractivity contribution in [3.8, 4) is 5.75 Å². The molecule has 2 aromatic carbocycles. The van der Waals surface area contributed by atoms with Crippen molar-refractivity contribution in [3.63, 3.8) is 0 Å². The maximum Gasteiger partial charge on any atom is 0.260 e. The molecule has 2 aromatic rings. The largest absolute Gasteiger partial charge is 0.482 e. The van der Waals surface area contributed by atoms with Gasteiger partial charge in [0.2, 0.25) is 10.0 Å². The van der Waals surface area contributed by atoms with E-state index in [-0.39, 0.29) is 29.1 Å². The van der Waals surface area contributed by atoms with Crippen LogP contribution in [0.1, 0.15) is 17.9 Å². The first-order valence-corrected chi connectivity index (χ1v) is 12.1. The minimum absolute atomic E-state index is 0.0107. The van der Waals surface area contributed by atoms with Gasteiger partial charge in [-0.25, -0.2) is 8.42 Å². The molecule has 2 saturated heterocycles. The summed E-state index contributed by atoms with van der Waals surface area (Å²) in [4.78, 5) is 14.1. The number of benzene rings is 2. The maximum absolute atomic E-state index is 13.4. The van der Waals surface area contributed by atoms with E-state index in [2.05, 4.69) is 0 Å². The van der Waals surface area contributed by atoms with Crippen LogP contribution < -0.4 is 4.74 Å². The number of carbonyl (C=O) groups excluding carboxylic acids is 1. The van der Waals surface area contributed by atoms with E-state index in [0.29, 0.717) is 44.4 Å². The zero-order valence-electron chi connectivity index (χ0n) is 17.1. The fourth-order valence-electron chi connectivity index (χ4n) is 3.93. The lowest BCUT2D eigenvalue weighted by Gasteiger charge is -2.27. The molecule has 1 amide bonds. The average molecular weight is 465 g/mol. The van der Waals surface area contributed by atoms with Gasteiger partial charge in [0.05, 0.1) is 13.2 Å². The van der Waals surface area contributed by atoms with E-state index in [0.717, 1.165) is 12.0 Å². The molecule has 2 fully saturated rings. The summed E-state index contributed by atoms with van der Waals surface area (Å²) in [6.07, 6.45) is 0.746. The highest BCUT2D eigenvalue weighted by molar-refractivity contribution is 7.89. The fourth-order valence-corrected chi connectivity index (χ4v) is 5.82. The Labute approximate surface area is 187 Å². The van der Waals surface area contributed by atoms with Gasteiger partial charge in [0, 0.05) is 31.2 Å². The Morgan fingerprint density at radius 3 is 2.58 bits per heavy atom. The summed E-state index contributed by atoms with van der Waals surface area (Å²) in [5.41, 5.74) is 1.12. The highest BCUT2D eigenvalue weighted by atomic mass is 35.5. The molecule has 9 heteroatoms. The van der Waals surface area contributed by atoms with Crippen LogP contribution in [-0.4, -0.2) is 69.5 Å². The second-order valence-electron chi connectivity index (χ2n) is 7.63. The molecule has 0 N–H and O–H groups in total. The normalized spacial score (nSPS) is 20.0. The lowest BCUT2D eigenvalue weighted by molar-refractivity contribution is -0.137. The Hall–Kier alpha value is -2.13. The molecule has 2 aliphatic rings. The number of amides is 1. The number of nitrogens with zero attached hydrogens (tertiary/aromatic N) is 2. The lowest BCUT2D eigenvalue weighted by atomic mass is 9.99. The van der Waals surface area contributed by atoms with E-state index in [9.17, 15) is 13.2 Å². The van der Waals surface area contributed by atoms with Crippen molar-refractivity contribution >= 4 is 27.5 Å². The Balaban J connectivity index is 1.50. The number of hydrogen-bond donors (Lipinski definition) is 0. The topological polar surface area (TPSA) is 76.2 Å². The van der Waals surface area contributed by atoms with Crippen LogP contribution in [0, 0.1) is 0 Å². The van der Waals surface area contributed by atoms with Gasteiger partial charge in [0.1, 0.15) is 10.6 Å². The Morgan fingerprint density at radius 2 is 1.84 bits per heavy atom. The first-order valence-electron chi connectivity index (χ1n) is 10.3. The smallest absolute Gasteiger partial charge is 0.260 e. The molecule has 7 nitrogen and oxygen atoms in total. The predicted molar refractivity (Wildman–Crippen MR) is 117 cm³/mol. The number of sulfonamides is 1. The van der Waals surface area contributed by atoms with E-state index in [4.69, 9.17) is 21.1 Å². The third-order valence-electron chi connectivity index (χ3n) is 5.66. The average Bonchev–Trinajstić information content (AvgIpc) is 3.30. The Kier molecular flexibility index (Phi) is 6.81. The molecular formula is C22H25ClN2O5S. The minimum Gasteiger partial charge on any atom is -0.482 e. The quantitative estimate of drug-likeness (QED) is 0.657. The molecule has 2 aliphatic heterocycles. The summed E-state index contributed by atoms with van der Waals surface area (Å²) in [6, 6.07) is 14.4. The molecule has 0 spiro atoms. The minimum atomic E-state index is -3.83. The van der Waals surface area contributed by atoms with Gasteiger partial charge in [-0.15, -0.1) is 0 Å². The van der Waals surface area contributed by atoms with Crippen LogP contribution >= 0.6 is 11.6 Å². The molecule has 0 aromatic heterocycles. The zero-order chi connectivity index (χ0) is 21.8. The number of carbonyl (C=O) groups is 1. The molecule has 0 radical (unpaired) electrons. The van der Waals surface area contributed by atoms with E-state index >= 15 is 0 Å². The van der Waals surface area contributed by atoms with Crippen molar-refractivity contribution in [2.75, 3.05) is 46.0 Å². The highest BCUT2D eigenvalue weighted by Gasteiger charge is 2.35. The van der Waals surface area contributed by atoms with Crippen molar-refractivity contribution in [3.05, 3.63) is 59.1 Å². The Bertz CT molecular complexity index is 1030. The SMILES string of the molecule is O=C(COc1ccc(Cl)cc1S(=O)(=O)N1CC[C@@H](c2ccccc2)C1)N1CCOCC1. The first-order chi connectivity index (χ1) is 14.9. The third kappa shape index (κ3) is 5.03. The number of halogens is 1. The first kappa shape index (κ1) is 22.1. The molecule has 0 saturated carbocycles. The van der Waals surface area contributed by atoms with E-state index in [1.54, 1.807) is 11.0 Å². The van der Waals surface area contributed by atoms with Gasteiger partial charge in [-0.3, -0.25) is 4.79 Å². The van der Waals surface area contributed by atoms with Crippen LogP contribution in [-0.2, 0) is 19.6 Å². The van der Waals surface area contributed by atoms with Crippen LogP contribution in [0.2, 0.25) is 5.02 Å². The monoisotopic (exact) mass is 464 g/mol. The second kappa shape index (κ2) is 9.56. The van der Waals surface area contributed by atoms with Crippen LogP contribution in [0.15, 0.2) is 53.4 Å². The lowest BCUT2D eigenvalue weighted by Crippen LogP contribution is -2.43. The molecule has 1 atom stereocenters. The van der Waals surface area contributed by atoms with Crippen LogP contribution in [0.4, 0.5) is 0 Å². The molecule has 31 heavy (non-hydrogen) atoms.